The minimum Gasteiger partial charge on any atom is -0.489 e. The van der Waals surface area contributed by atoms with Crippen LogP contribution >= 0.6 is 0 Å². The highest BCUT2D eigenvalue weighted by Gasteiger charge is 2.26. The van der Waals surface area contributed by atoms with Crippen molar-refractivity contribution in [2.45, 2.75) is 32.4 Å². The highest BCUT2D eigenvalue weighted by molar-refractivity contribution is 5.91. The summed E-state index contributed by atoms with van der Waals surface area (Å²) in [6.45, 7) is 2.02. The van der Waals surface area contributed by atoms with E-state index in [0.29, 0.717) is 40.6 Å². The molecule has 0 aliphatic carbocycles. The predicted octanol–water partition coefficient (Wildman–Crippen LogP) is 7.28. The Kier molecular flexibility index (Phi) is 8.65. The zero-order valence-electron chi connectivity index (χ0n) is 23.2. The van der Waals surface area contributed by atoms with Crippen molar-refractivity contribution in [3.8, 4) is 22.9 Å². The van der Waals surface area contributed by atoms with E-state index in [-0.39, 0.29) is 6.54 Å². The third-order valence-corrected chi connectivity index (χ3v) is 6.76. The molecular formula is C32H31F3N4O3. The molecule has 5 aromatic rings. The second kappa shape index (κ2) is 12.5. The Bertz CT molecular complexity index is 1640. The largest absolute Gasteiger partial charge is 0.489 e. The Labute approximate surface area is 241 Å². The number of aliphatic hydroxyl groups is 1. The lowest BCUT2D eigenvalue weighted by Crippen LogP contribution is -2.16. The fourth-order valence-electron chi connectivity index (χ4n) is 4.58. The summed E-state index contributed by atoms with van der Waals surface area (Å²) < 4.78 is 52.5. The molecule has 1 atom stereocenters. The van der Waals surface area contributed by atoms with Gasteiger partial charge in [-0.2, -0.15) is 13.2 Å². The Morgan fingerprint density at radius 1 is 0.929 bits per heavy atom. The summed E-state index contributed by atoms with van der Waals surface area (Å²) in [7, 11) is 1.67. The van der Waals surface area contributed by atoms with Crippen molar-refractivity contribution in [1.29, 1.82) is 0 Å². The van der Waals surface area contributed by atoms with Crippen LogP contribution in [-0.4, -0.2) is 34.4 Å². The van der Waals surface area contributed by atoms with E-state index in [4.69, 9.17) is 9.47 Å². The van der Waals surface area contributed by atoms with Crippen LogP contribution in [0.15, 0.2) is 91.3 Å². The van der Waals surface area contributed by atoms with Crippen LogP contribution in [0.1, 0.15) is 29.3 Å². The van der Waals surface area contributed by atoms with Gasteiger partial charge in [0.1, 0.15) is 41.9 Å². The van der Waals surface area contributed by atoms with Crippen molar-refractivity contribution in [2.75, 3.05) is 18.9 Å². The molecule has 0 saturated carbocycles. The van der Waals surface area contributed by atoms with Crippen LogP contribution < -0.4 is 20.1 Å². The van der Waals surface area contributed by atoms with Crippen LogP contribution in [0.25, 0.3) is 16.7 Å². The van der Waals surface area contributed by atoms with Crippen molar-refractivity contribution in [1.82, 2.24) is 14.9 Å². The molecule has 218 valence electrons. The lowest BCUT2D eigenvalue weighted by atomic mass is 10.1. The first-order valence-electron chi connectivity index (χ1n) is 13.4. The number of halogens is 3. The number of hydrogen-bond acceptors (Lipinski definition) is 6. The van der Waals surface area contributed by atoms with Crippen molar-refractivity contribution in [3.05, 3.63) is 108 Å². The molecule has 7 nitrogen and oxygen atoms in total. The fourth-order valence-corrected chi connectivity index (χ4v) is 4.58. The first-order chi connectivity index (χ1) is 20.2. The maximum atomic E-state index is 12.9. The molecule has 0 amide bonds. The van der Waals surface area contributed by atoms with Crippen LogP contribution in [0, 0.1) is 6.92 Å². The molecule has 0 aliphatic heterocycles. The number of nitrogens with zero attached hydrogens (tertiary/aromatic N) is 2. The summed E-state index contributed by atoms with van der Waals surface area (Å²) in [6.07, 6.45) is -4.47. The molecule has 0 aliphatic rings. The quantitative estimate of drug-likeness (QED) is 0.143. The van der Waals surface area contributed by atoms with E-state index in [0.717, 1.165) is 22.4 Å². The van der Waals surface area contributed by atoms with Gasteiger partial charge in [0.05, 0.1) is 17.6 Å². The zero-order chi connectivity index (χ0) is 29.7. The Morgan fingerprint density at radius 3 is 2.36 bits per heavy atom. The minimum atomic E-state index is -4.29. The standard InChI is InChI=1S/C32H31F3N4O3/c1-21-16-23(8-13-27(21)31(40)36-2)39-20-38-30-28(37-15-14-32(33,34)35)17-26(18-29(30)39)42-25-11-9-24(10-12-25)41-19-22-6-4-3-5-7-22/h3-13,16-18,20,31,36-37,40H,14-15,19H2,1-2H3. The van der Waals surface area contributed by atoms with Gasteiger partial charge in [0, 0.05) is 24.4 Å². The first-order valence-corrected chi connectivity index (χ1v) is 13.4. The topological polar surface area (TPSA) is 80.6 Å². The molecule has 3 N–H and O–H groups in total. The smallest absolute Gasteiger partial charge is 0.390 e. The van der Waals surface area contributed by atoms with Crippen LogP contribution in [-0.2, 0) is 6.61 Å². The minimum absolute atomic E-state index is 0.307. The number of fused-ring (bicyclic) bond motifs is 1. The second-order valence-electron chi connectivity index (χ2n) is 9.82. The molecule has 10 heteroatoms. The van der Waals surface area contributed by atoms with E-state index in [9.17, 15) is 18.3 Å². The average molecular weight is 577 g/mol. The Morgan fingerprint density at radius 2 is 1.67 bits per heavy atom. The van der Waals surface area contributed by atoms with E-state index in [1.807, 2.05) is 60.0 Å². The van der Waals surface area contributed by atoms with Gasteiger partial charge < -0.3 is 19.9 Å². The van der Waals surface area contributed by atoms with Gasteiger partial charge in [0.2, 0.25) is 0 Å². The summed E-state index contributed by atoms with van der Waals surface area (Å²) in [5.41, 5.74) is 5.00. The molecule has 0 radical (unpaired) electrons. The van der Waals surface area contributed by atoms with Gasteiger partial charge in [-0.15, -0.1) is 0 Å². The number of aryl methyl sites for hydroxylation is 1. The van der Waals surface area contributed by atoms with Gasteiger partial charge >= 0.3 is 6.18 Å². The van der Waals surface area contributed by atoms with Crippen molar-refractivity contribution in [2.24, 2.45) is 0 Å². The number of alkyl halides is 3. The molecule has 1 aromatic heterocycles. The van der Waals surface area contributed by atoms with Crippen LogP contribution in [0.5, 0.6) is 17.2 Å². The molecule has 0 fully saturated rings. The number of aromatic nitrogens is 2. The summed E-state index contributed by atoms with van der Waals surface area (Å²) in [4.78, 5) is 4.50. The number of aliphatic hydroxyl groups excluding tert-OH is 1. The van der Waals surface area contributed by atoms with Crippen molar-refractivity contribution in [3.63, 3.8) is 0 Å². The fraction of sp³-hybridized carbons (Fsp3) is 0.219. The molecule has 4 aromatic carbocycles. The number of imidazole rings is 1. The summed E-state index contributed by atoms with van der Waals surface area (Å²) >= 11 is 0. The van der Waals surface area contributed by atoms with Crippen LogP contribution in [0.2, 0.25) is 0 Å². The third kappa shape index (κ3) is 7.02. The van der Waals surface area contributed by atoms with Gasteiger partial charge in [-0.1, -0.05) is 36.4 Å². The van der Waals surface area contributed by atoms with Crippen molar-refractivity contribution < 1.29 is 27.8 Å². The Hall–Kier alpha value is -4.54. The monoisotopic (exact) mass is 576 g/mol. The van der Waals surface area contributed by atoms with E-state index >= 15 is 0 Å². The summed E-state index contributed by atoms with van der Waals surface area (Å²) in [5.74, 6) is 1.64. The maximum absolute atomic E-state index is 12.9. The van der Waals surface area contributed by atoms with Gasteiger partial charge in [0.15, 0.2) is 0 Å². The number of nitrogens with one attached hydrogen (secondary N) is 2. The highest BCUT2D eigenvalue weighted by atomic mass is 19.4. The number of rotatable bonds is 11. The number of anilines is 1. The average Bonchev–Trinajstić information content (AvgIpc) is 3.40. The molecule has 42 heavy (non-hydrogen) atoms. The van der Waals surface area contributed by atoms with E-state index in [1.54, 1.807) is 49.8 Å². The van der Waals surface area contributed by atoms with Crippen LogP contribution in [0.4, 0.5) is 18.9 Å². The summed E-state index contributed by atoms with van der Waals surface area (Å²) in [6, 6.07) is 26.0. The van der Waals surface area contributed by atoms with Gasteiger partial charge in [-0.3, -0.25) is 9.88 Å². The van der Waals surface area contributed by atoms with Gasteiger partial charge in [-0.05, 0) is 67.1 Å². The number of hydrogen-bond donors (Lipinski definition) is 3. The predicted molar refractivity (Wildman–Crippen MR) is 156 cm³/mol. The lowest BCUT2D eigenvalue weighted by Gasteiger charge is -2.15. The van der Waals surface area contributed by atoms with Gasteiger partial charge in [-0.25, -0.2) is 4.98 Å². The molecule has 0 saturated heterocycles. The number of benzene rings is 4. The van der Waals surface area contributed by atoms with Crippen LogP contribution in [0.3, 0.4) is 0 Å². The molecule has 1 heterocycles. The molecule has 0 spiro atoms. The lowest BCUT2D eigenvalue weighted by molar-refractivity contribution is -0.131. The molecule has 5 rings (SSSR count). The normalized spacial score (nSPS) is 12.3. The number of ether oxygens (including phenoxy) is 2. The second-order valence-corrected chi connectivity index (χ2v) is 9.82. The van der Waals surface area contributed by atoms with E-state index in [1.165, 1.54) is 0 Å². The van der Waals surface area contributed by atoms with E-state index in [2.05, 4.69) is 15.6 Å². The van der Waals surface area contributed by atoms with E-state index < -0.39 is 18.8 Å². The first kappa shape index (κ1) is 29.0. The Balaban J connectivity index is 1.43. The molecular weight excluding hydrogens is 545 g/mol. The summed E-state index contributed by atoms with van der Waals surface area (Å²) in [5, 5.41) is 15.9. The van der Waals surface area contributed by atoms with Crippen molar-refractivity contribution >= 4 is 16.7 Å². The zero-order valence-corrected chi connectivity index (χ0v) is 23.2. The SMILES string of the molecule is CNC(O)c1ccc(-n2cnc3c(NCCC(F)(F)F)cc(Oc4ccc(OCc5ccccc5)cc4)cc32)cc1C. The molecule has 0 bridgehead atoms. The third-order valence-electron chi connectivity index (χ3n) is 6.76. The molecule has 1 unspecified atom stereocenters. The highest BCUT2D eigenvalue weighted by Crippen LogP contribution is 2.34. The van der Waals surface area contributed by atoms with Gasteiger partial charge in [0.25, 0.3) is 0 Å². The maximum Gasteiger partial charge on any atom is 0.390 e.